The van der Waals surface area contributed by atoms with E-state index < -0.39 is 0 Å². The Hall–Kier alpha value is -2.60. The molecule has 0 aliphatic rings. The van der Waals surface area contributed by atoms with E-state index in [4.69, 9.17) is 33.0 Å². The quantitative estimate of drug-likeness (QED) is 0.262. The zero-order chi connectivity index (χ0) is 20.7. The fraction of sp³-hybridized carbons (Fsp3) is 0.0435. The highest BCUT2D eigenvalue weighted by molar-refractivity contribution is 9.10. The SMILES string of the molecule is Clc1ccc(-n2nc3c(cnc4ccc(Br)cc43)c2OCc2ccccc2Cl)cc1. The predicted octanol–water partition coefficient (Wildman–Crippen LogP) is 7.22. The van der Waals surface area contributed by atoms with Gasteiger partial charge in [0, 0.05) is 31.7 Å². The van der Waals surface area contributed by atoms with Crippen LogP contribution in [0.25, 0.3) is 27.5 Å². The van der Waals surface area contributed by atoms with Gasteiger partial charge in [0.1, 0.15) is 12.1 Å². The molecule has 5 aromatic rings. The van der Waals surface area contributed by atoms with Gasteiger partial charge in [-0.3, -0.25) is 4.98 Å². The molecular weight excluding hydrogens is 485 g/mol. The molecule has 0 spiro atoms. The lowest BCUT2D eigenvalue weighted by molar-refractivity contribution is 0.288. The lowest BCUT2D eigenvalue weighted by Gasteiger charge is -2.11. The molecule has 0 fully saturated rings. The molecule has 3 aromatic carbocycles. The van der Waals surface area contributed by atoms with Crippen molar-refractivity contribution in [3.63, 3.8) is 0 Å². The van der Waals surface area contributed by atoms with Gasteiger partial charge in [-0.1, -0.05) is 57.3 Å². The van der Waals surface area contributed by atoms with Crippen molar-refractivity contribution < 1.29 is 4.74 Å². The second kappa shape index (κ2) is 7.91. The minimum absolute atomic E-state index is 0.310. The number of ether oxygens (including phenoxy) is 1. The van der Waals surface area contributed by atoms with Crippen LogP contribution in [0.3, 0.4) is 0 Å². The molecule has 0 unspecified atom stereocenters. The fourth-order valence-electron chi connectivity index (χ4n) is 3.33. The van der Waals surface area contributed by atoms with Gasteiger partial charge in [0.25, 0.3) is 0 Å². The summed E-state index contributed by atoms with van der Waals surface area (Å²) in [5.74, 6) is 0.599. The maximum Gasteiger partial charge on any atom is 0.226 e. The van der Waals surface area contributed by atoms with E-state index in [2.05, 4.69) is 20.9 Å². The Bertz CT molecular complexity index is 1380. The summed E-state index contributed by atoms with van der Waals surface area (Å²) in [6, 6.07) is 21.0. The van der Waals surface area contributed by atoms with Crippen LogP contribution >= 0.6 is 39.1 Å². The minimum atomic E-state index is 0.310. The van der Waals surface area contributed by atoms with Gasteiger partial charge >= 0.3 is 0 Å². The second-order valence-corrected chi connectivity index (χ2v) is 8.51. The Balaban J connectivity index is 1.70. The molecule has 0 atom stereocenters. The first-order valence-electron chi connectivity index (χ1n) is 9.19. The molecule has 30 heavy (non-hydrogen) atoms. The molecule has 0 aliphatic carbocycles. The van der Waals surface area contributed by atoms with Gasteiger partial charge in [-0.05, 0) is 48.5 Å². The molecule has 0 saturated heterocycles. The minimum Gasteiger partial charge on any atom is -0.472 e. The number of aromatic nitrogens is 3. The summed E-state index contributed by atoms with van der Waals surface area (Å²) in [5.41, 5.74) is 3.41. The first-order chi connectivity index (χ1) is 14.6. The molecule has 4 nitrogen and oxygen atoms in total. The van der Waals surface area contributed by atoms with Crippen LogP contribution in [0.15, 0.2) is 77.4 Å². The summed E-state index contributed by atoms with van der Waals surface area (Å²) in [5, 5.41) is 7.95. The average molecular weight is 499 g/mol. The zero-order valence-corrected chi connectivity index (χ0v) is 18.6. The Kier molecular flexibility index (Phi) is 5.11. The summed E-state index contributed by atoms with van der Waals surface area (Å²) in [6.07, 6.45) is 1.80. The van der Waals surface area contributed by atoms with Crippen LogP contribution in [0.2, 0.25) is 10.0 Å². The zero-order valence-electron chi connectivity index (χ0n) is 15.5. The van der Waals surface area contributed by atoms with Crippen molar-refractivity contribution in [1.29, 1.82) is 0 Å². The van der Waals surface area contributed by atoms with Crippen molar-refractivity contribution in [3.8, 4) is 11.6 Å². The summed E-state index contributed by atoms with van der Waals surface area (Å²) in [6.45, 7) is 0.310. The number of hydrogen-bond donors (Lipinski definition) is 0. The summed E-state index contributed by atoms with van der Waals surface area (Å²) < 4.78 is 8.99. The number of halogens is 3. The van der Waals surface area contributed by atoms with Gasteiger partial charge < -0.3 is 4.74 Å². The molecule has 0 aliphatic heterocycles. The van der Waals surface area contributed by atoms with Crippen LogP contribution in [-0.2, 0) is 6.61 Å². The first-order valence-corrected chi connectivity index (χ1v) is 10.7. The molecule has 0 amide bonds. The average Bonchev–Trinajstić information content (AvgIpc) is 3.13. The molecule has 0 bridgehead atoms. The molecule has 0 N–H and O–H groups in total. The van der Waals surface area contributed by atoms with E-state index in [0.29, 0.717) is 22.5 Å². The van der Waals surface area contributed by atoms with Crippen molar-refractivity contribution in [2.24, 2.45) is 0 Å². The van der Waals surface area contributed by atoms with Gasteiger partial charge in [0.05, 0.1) is 16.6 Å². The number of nitrogens with zero attached hydrogens (tertiary/aromatic N) is 3. The molecule has 7 heteroatoms. The van der Waals surface area contributed by atoms with E-state index in [1.54, 1.807) is 10.9 Å². The normalized spacial score (nSPS) is 11.3. The van der Waals surface area contributed by atoms with Crippen LogP contribution in [0, 0.1) is 0 Å². The summed E-state index contributed by atoms with van der Waals surface area (Å²) in [4.78, 5) is 4.60. The number of fused-ring (bicyclic) bond motifs is 3. The number of rotatable bonds is 4. The molecule has 5 rings (SSSR count). The maximum atomic E-state index is 6.32. The molecule has 2 heterocycles. The monoisotopic (exact) mass is 497 g/mol. The van der Waals surface area contributed by atoms with Crippen LogP contribution in [0.5, 0.6) is 5.88 Å². The Labute approximate surface area is 191 Å². The van der Waals surface area contributed by atoms with E-state index in [-0.39, 0.29) is 0 Å². The second-order valence-electron chi connectivity index (χ2n) is 6.76. The van der Waals surface area contributed by atoms with Gasteiger partial charge in [-0.25, -0.2) is 0 Å². The van der Waals surface area contributed by atoms with Crippen LogP contribution < -0.4 is 4.74 Å². The largest absolute Gasteiger partial charge is 0.472 e. The molecule has 0 saturated carbocycles. The molecular formula is C23H14BrCl2N3O. The van der Waals surface area contributed by atoms with Crippen molar-refractivity contribution in [3.05, 3.63) is 93.0 Å². The smallest absolute Gasteiger partial charge is 0.226 e. The highest BCUT2D eigenvalue weighted by Crippen LogP contribution is 2.34. The highest BCUT2D eigenvalue weighted by atomic mass is 79.9. The van der Waals surface area contributed by atoms with E-state index >= 15 is 0 Å². The van der Waals surface area contributed by atoms with E-state index in [1.807, 2.05) is 66.7 Å². The van der Waals surface area contributed by atoms with Crippen molar-refractivity contribution in [2.75, 3.05) is 0 Å². The lowest BCUT2D eigenvalue weighted by Crippen LogP contribution is -2.03. The van der Waals surface area contributed by atoms with Gasteiger partial charge in [-0.2, -0.15) is 9.78 Å². The summed E-state index contributed by atoms with van der Waals surface area (Å²) >= 11 is 15.9. The molecule has 2 aromatic heterocycles. The van der Waals surface area contributed by atoms with E-state index in [0.717, 1.165) is 37.5 Å². The lowest BCUT2D eigenvalue weighted by atomic mass is 10.2. The Morgan fingerprint density at radius 1 is 0.933 bits per heavy atom. The molecule has 0 radical (unpaired) electrons. The Morgan fingerprint density at radius 2 is 1.73 bits per heavy atom. The van der Waals surface area contributed by atoms with Gasteiger partial charge in [0.15, 0.2) is 0 Å². The third kappa shape index (κ3) is 3.54. The number of pyridine rings is 1. The van der Waals surface area contributed by atoms with Crippen molar-refractivity contribution >= 4 is 60.9 Å². The first kappa shape index (κ1) is 19.4. The standard InChI is InChI=1S/C23H14BrCl2N3O/c24-15-5-10-21-18(11-15)22-19(12-27-21)23(30-13-14-3-1-2-4-20(14)26)29(28-22)17-8-6-16(25)7-9-17/h1-12H,13H2. The van der Waals surface area contributed by atoms with Crippen molar-refractivity contribution in [1.82, 2.24) is 14.8 Å². The van der Waals surface area contributed by atoms with Crippen LogP contribution in [0.4, 0.5) is 0 Å². The van der Waals surface area contributed by atoms with Crippen molar-refractivity contribution in [2.45, 2.75) is 6.61 Å². The number of hydrogen-bond acceptors (Lipinski definition) is 3. The topological polar surface area (TPSA) is 39.9 Å². The van der Waals surface area contributed by atoms with E-state index in [9.17, 15) is 0 Å². The highest BCUT2D eigenvalue weighted by Gasteiger charge is 2.18. The van der Waals surface area contributed by atoms with Crippen LogP contribution in [0.1, 0.15) is 5.56 Å². The van der Waals surface area contributed by atoms with Gasteiger partial charge in [0.2, 0.25) is 5.88 Å². The maximum absolute atomic E-state index is 6.32. The third-order valence-corrected chi connectivity index (χ3v) is 5.93. The Morgan fingerprint density at radius 3 is 2.53 bits per heavy atom. The number of benzene rings is 3. The third-order valence-electron chi connectivity index (χ3n) is 4.82. The van der Waals surface area contributed by atoms with Gasteiger partial charge in [-0.15, -0.1) is 0 Å². The van der Waals surface area contributed by atoms with E-state index in [1.165, 1.54) is 0 Å². The summed E-state index contributed by atoms with van der Waals surface area (Å²) in [7, 11) is 0. The fourth-order valence-corrected chi connectivity index (χ4v) is 4.01. The molecule has 148 valence electrons. The predicted molar refractivity (Wildman–Crippen MR) is 125 cm³/mol. The van der Waals surface area contributed by atoms with Crippen LogP contribution in [-0.4, -0.2) is 14.8 Å².